The fraction of sp³-hybridized carbons (Fsp3) is 0.375. The maximum absolute atomic E-state index is 12.9. The van der Waals surface area contributed by atoms with Crippen LogP contribution in [0.15, 0.2) is 28.6 Å². The molecule has 2 amide bonds. The van der Waals surface area contributed by atoms with Gasteiger partial charge in [0, 0.05) is 5.92 Å². The number of hydrogen-bond donors (Lipinski definition) is 2. The minimum atomic E-state index is -4.56. The van der Waals surface area contributed by atoms with Crippen molar-refractivity contribution in [1.82, 2.24) is 10.2 Å². The van der Waals surface area contributed by atoms with Gasteiger partial charge in [-0.05, 0) is 18.6 Å². The number of para-hydroxylation sites is 1. The van der Waals surface area contributed by atoms with Crippen molar-refractivity contribution in [1.29, 1.82) is 0 Å². The number of thioether (sulfide) groups is 1. The number of halogens is 3. The van der Waals surface area contributed by atoms with Crippen LogP contribution >= 0.6 is 23.1 Å². The van der Waals surface area contributed by atoms with Crippen molar-refractivity contribution in [2.24, 2.45) is 5.92 Å². The number of hydrogen-bond acceptors (Lipinski definition) is 6. The third-order valence-corrected chi connectivity index (χ3v) is 5.50. The van der Waals surface area contributed by atoms with Crippen LogP contribution in [0.5, 0.6) is 0 Å². The predicted octanol–water partition coefficient (Wildman–Crippen LogP) is 4.27. The Bertz CT molecular complexity index is 811. The zero-order valence-electron chi connectivity index (χ0n) is 14.5. The van der Waals surface area contributed by atoms with Crippen LogP contribution in [0.1, 0.15) is 25.8 Å². The number of nitrogens with zero attached hydrogens (tertiary/aromatic N) is 2. The normalized spacial score (nSPS) is 12.5. The molecule has 0 aliphatic heterocycles. The summed E-state index contributed by atoms with van der Waals surface area (Å²) in [6.07, 6.45) is -3.87. The van der Waals surface area contributed by atoms with Crippen molar-refractivity contribution in [3.8, 4) is 0 Å². The molecule has 1 heterocycles. The van der Waals surface area contributed by atoms with E-state index in [1.54, 1.807) is 6.92 Å². The highest BCUT2D eigenvalue weighted by molar-refractivity contribution is 8.01. The number of carbonyl (C=O) groups excluding carboxylic acids is 2. The second-order valence-corrected chi connectivity index (χ2v) is 7.75. The third-order valence-electron chi connectivity index (χ3n) is 3.53. The third kappa shape index (κ3) is 6.21. The molecule has 0 spiro atoms. The highest BCUT2D eigenvalue weighted by atomic mass is 32.2. The van der Waals surface area contributed by atoms with Crippen LogP contribution in [0.3, 0.4) is 0 Å². The van der Waals surface area contributed by atoms with Crippen molar-refractivity contribution >= 4 is 45.7 Å². The monoisotopic (exact) mass is 418 g/mol. The van der Waals surface area contributed by atoms with E-state index in [0.717, 1.165) is 29.2 Å². The molecule has 0 aliphatic carbocycles. The first kappa shape index (κ1) is 21.2. The number of amides is 2. The maximum Gasteiger partial charge on any atom is 0.418 e. The lowest BCUT2D eigenvalue weighted by Gasteiger charge is -2.13. The van der Waals surface area contributed by atoms with Crippen molar-refractivity contribution in [3.63, 3.8) is 0 Å². The number of nitrogens with one attached hydrogen (secondary N) is 2. The molecular formula is C16H17F3N4O2S2. The Morgan fingerprint density at radius 2 is 1.93 bits per heavy atom. The first-order valence-electron chi connectivity index (χ1n) is 7.94. The molecule has 1 atom stereocenters. The summed E-state index contributed by atoms with van der Waals surface area (Å²) >= 11 is 2.12. The first-order valence-corrected chi connectivity index (χ1v) is 9.74. The van der Waals surface area contributed by atoms with E-state index in [9.17, 15) is 22.8 Å². The summed E-state index contributed by atoms with van der Waals surface area (Å²) in [5.41, 5.74) is -1.20. The molecule has 146 valence electrons. The zero-order valence-corrected chi connectivity index (χ0v) is 16.1. The molecule has 27 heavy (non-hydrogen) atoms. The second kappa shape index (κ2) is 9.18. The molecule has 0 saturated heterocycles. The summed E-state index contributed by atoms with van der Waals surface area (Å²) in [5.74, 6) is -1.08. The predicted molar refractivity (Wildman–Crippen MR) is 98.8 cm³/mol. The fourth-order valence-corrected chi connectivity index (χ4v) is 3.44. The van der Waals surface area contributed by atoms with Gasteiger partial charge in [0.2, 0.25) is 16.9 Å². The summed E-state index contributed by atoms with van der Waals surface area (Å²) in [7, 11) is 0. The lowest BCUT2D eigenvalue weighted by Crippen LogP contribution is -2.19. The number of carbonyl (C=O) groups is 2. The van der Waals surface area contributed by atoms with Crippen LogP contribution in [0.25, 0.3) is 0 Å². The first-order chi connectivity index (χ1) is 12.7. The Kier molecular flexibility index (Phi) is 7.19. The van der Waals surface area contributed by atoms with Crippen LogP contribution in [-0.2, 0) is 15.8 Å². The molecule has 2 aromatic rings. The Morgan fingerprint density at radius 1 is 1.22 bits per heavy atom. The van der Waals surface area contributed by atoms with E-state index in [0.29, 0.717) is 15.9 Å². The Balaban J connectivity index is 1.91. The van der Waals surface area contributed by atoms with E-state index >= 15 is 0 Å². The molecule has 1 aromatic carbocycles. The molecule has 0 bridgehead atoms. The number of aromatic nitrogens is 2. The van der Waals surface area contributed by atoms with Gasteiger partial charge in [-0.25, -0.2) is 0 Å². The summed E-state index contributed by atoms with van der Waals surface area (Å²) in [4.78, 5) is 23.8. The van der Waals surface area contributed by atoms with Crippen LogP contribution in [-0.4, -0.2) is 27.8 Å². The van der Waals surface area contributed by atoms with Crippen LogP contribution in [0.4, 0.5) is 24.0 Å². The van der Waals surface area contributed by atoms with Crippen LogP contribution in [0.2, 0.25) is 0 Å². The average molecular weight is 418 g/mol. The molecule has 0 radical (unpaired) electrons. The number of rotatable bonds is 7. The molecule has 0 fully saturated rings. The van der Waals surface area contributed by atoms with Crippen molar-refractivity contribution < 1.29 is 22.8 Å². The van der Waals surface area contributed by atoms with Crippen molar-refractivity contribution in [3.05, 3.63) is 29.8 Å². The van der Waals surface area contributed by atoms with E-state index in [1.165, 1.54) is 18.2 Å². The van der Waals surface area contributed by atoms with Gasteiger partial charge in [0.15, 0.2) is 4.34 Å². The number of benzene rings is 1. The van der Waals surface area contributed by atoms with Crippen LogP contribution < -0.4 is 10.6 Å². The summed E-state index contributed by atoms with van der Waals surface area (Å²) in [6, 6.07) is 4.76. The Hall–Kier alpha value is -2.14. The highest BCUT2D eigenvalue weighted by Crippen LogP contribution is 2.34. The second-order valence-electron chi connectivity index (χ2n) is 5.55. The van der Waals surface area contributed by atoms with Crippen molar-refractivity contribution in [2.45, 2.75) is 30.8 Å². The largest absolute Gasteiger partial charge is 0.418 e. The van der Waals surface area contributed by atoms with Gasteiger partial charge in [-0.3, -0.25) is 9.59 Å². The van der Waals surface area contributed by atoms with E-state index in [4.69, 9.17) is 0 Å². The van der Waals surface area contributed by atoms with Gasteiger partial charge in [-0.2, -0.15) is 13.2 Å². The lowest BCUT2D eigenvalue weighted by molar-refractivity contribution is -0.137. The summed E-state index contributed by atoms with van der Waals surface area (Å²) in [6.45, 7) is 3.68. The molecule has 0 unspecified atom stereocenters. The number of anilines is 2. The molecule has 6 nitrogen and oxygen atoms in total. The smallest absolute Gasteiger partial charge is 0.325 e. The topological polar surface area (TPSA) is 84.0 Å². The van der Waals surface area contributed by atoms with Gasteiger partial charge >= 0.3 is 6.18 Å². The Morgan fingerprint density at radius 3 is 2.59 bits per heavy atom. The number of alkyl halides is 3. The van der Waals surface area contributed by atoms with E-state index in [2.05, 4.69) is 20.8 Å². The quantitative estimate of drug-likeness (QED) is 0.518. The van der Waals surface area contributed by atoms with Crippen molar-refractivity contribution in [2.75, 3.05) is 16.4 Å². The van der Waals surface area contributed by atoms with E-state index in [1.807, 2.05) is 6.92 Å². The highest BCUT2D eigenvalue weighted by Gasteiger charge is 2.33. The fourth-order valence-electron chi connectivity index (χ4n) is 1.89. The lowest BCUT2D eigenvalue weighted by atomic mass is 10.1. The molecule has 2 N–H and O–H groups in total. The van der Waals surface area contributed by atoms with Gasteiger partial charge in [0.25, 0.3) is 0 Å². The van der Waals surface area contributed by atoms with E-state index < -0.39 is 17.6 Å². The van der Waals surface area contributed by atoms with E-state index in [-0.39, 0.29) is 23.3 Å². The SMILES string of the molecule is CC[C@H](C)C(=O)Nc1nnc(SCC(=O)Nc2ccccc2C(F)(F)F)s1. The minimum absolute atomic E-state index is 0.139. The molecule has 1 aromatic heterocycles. The molecule has 0 aliphatic rings. The molecule has 11 heteroatoms. The summed E-state index contributed by atoms with van der Waals surface area (Å²) < 4.78 is 39.2. The van der Waals surface area contributed by atoms with Crippen LogP contribution in [0, 0.1) is 5.92 Å². The van der Waals surface area contributed by atoms with Gasteiger partial charge in [-0.1, -0.05) is 49.1 Å². The minimum Gasteiger partial charge on any atom is -0.325 e. The van der Waals surface area contributed by atoms with Gasteiger partial charge in [-0.15, -0.1) is 10.2 Å². The van der Waals surface area contributed by atoms with Gasteiger partial charge < -0.3 is 10.6 Å². The molecular weight excluding hydrogens is 401 g/mol. The van der Waals surface area contributed by atoms with Gasteiger partial charge in [0.1, 0.15) is 0 Å². The Labute approximate surface area is 161 Å². The van der Waals surface area contributed by atoms with Gasteiger partial charge in [0.05, 0.1) is 17.0 Å². The maximum atomic E-state index is 12.9. The zero-order chi connectivity index (χ0) is 20.0. The molecule has 0 saturated carbocycles. The summed E-state index contributed by atoms with van der Waals surface area (Å²) in [5, 5.41) is 12.9. The standard InChI is InChI=1S/C16H17F3N4O2S2/c1-3-9(2)13(25)21-14-22-23-15(27-14)26-8-12(24)20-11-7-5-4-6-10(11)16(17,18)19/h4-7,9H,3,8H2,1-2H3,(H,20,24)(H,21,22,25)/t9-/m0/s1. The molecule has 2 rings (SSSR count). The average Bonchev–Trinajstić information content (AvgIpc) is 3.06.